The molecular formula is C12H18O3. The van der Waals surface area contributed by atoms with E-state index in [0.29, 0.717) is 17.9 Å². The summed E-state index contributed by atoms with van der Waals surface area (Å²) in [4.78, 5) is 0. The summed E-state index contributed by atoms with van der Waals surface area (Å²) in [6.07, 6.45) is 0.655. The van der Waals surface area contributed by atoms with Crippen molar-refractivity contribution in [3.05, 3.63) is 23.8 Å². The lowest BCUT2D eigenvalue weighted by molar-refractivity contribution is 0.0528. The molecule has 0 aliphatic carbocycles. The van der Waals surface area contributed by atoms with Crippen LogP contribution in [-0.4, -0.2) is 19.3 Å². The highest BCUT2D eigenvalue weighted by Crippen LogP contribution is 2.33. The van der Waals surface area contributed by atoms with Crippen LogP contribution in [0.15, 0.2) is 18.2 Å². The van der Waals surface area contributed by atoms with Gasteiger partial charge in [-0.05, 0) is 31.0 Å². The summed E-state index contributed by atoms with van der Waals surface area (Å²) in [6.45, 7) is 3.73. The van der Waals surface area contributed by atoms with Gasteiger partial charge in [0.2, 0.25) is 0 Å². The molecule has 0 radical (unpaired) electrons. The Labute approximate surface area is 90.6 Å². The molecule has 15 heavy (non-hydrogen) atoms. The van der Waals surface area contributed by atoms with Crippen LogP contribution in [0.5, 0.6) is 11.5 Å². The van der Waals surface area contributed by atoms with Gasteiger partial charge < -0.3 is 14.6 Å². The number of hydrogen-bond acceptors (Lipinski definition) is 3. The molecule has 3 heteroatoms. The van der Waals surface area contributed by atoms with Crippen molar-refractivity contribution in [1.29, 1.82) is 0 Å². The average molecular weight is 210 g/mol. The molecule has 0 amide bonds. The highest BCUT2D eigenvalue weighted by atomic mass is 16.5. The van der Waals surface area contributed by atoms with Crippen molar-refractivity contribution < 1.29 is 14.6 Å². The maximum Gasteiger partial charge on any atom is 0.161 e. The smallest absolute Gasteiger partial charge is 0.161 e. The molecule has 0 aromatic heterocycles. The zero-order chi connectivity index (χ0) is 11.5. The summed E-state index contributed by atoms with van der Waals surface area (Å²) in [5.41, 5.74) is 0.0159. The van der Waals surface area contributed by atoms with E-state index >= 15 is 0 Å². The first kappa shape index (κ1) is 11.9. The summed E-state index contributed by atoms with van der Waals surface area (Å²) in [5, 5.41) is 10.1. The maximum atomic E-state index is 10.1. The van der Waals surface area contributed by atoms with Crippen molar-refractivity contribution >= 4 is 0 Å². The third-order valence-electron chi connectivity index (χ3n) is 2.69. The average Bonchev–Trinajstić information content (AvgIpc) is 2.28. The molecule has 0 spiro atoms. The van der Waals surface area contributed by atoms with Gasteiger partial charge in [0.05, 0.1) is 19.8 Å². The molecule has 1 rings (SSSR count). The van der Waals surface area contributed by atoms with Crippen LogP contribution in [-0.2, 0) is 5.60 Å². The molecule has 0 bridgehead atoms. The van der Waals surface area contributed by atoms with Crippen LogP contribution < -0.4 is 9.47 Å². The Balaban J connectivity index is 3.13. The summed E-state index contributed by atoms with van der Waals surface area (Å²) in [7, 11) is 3.18. The maximum absolute atomic E-state index is 10.1. The van der Waals surface area contributed by atoms with Crippen molar-refractivity contribution in [3.8, 4) is 11.5 Å². The van der Waals surface area contributed by atoms with E-state index in [9.17, 15) is 5.11 Å². The molecule has 84 valence electrons. The molecule has 0 saturated carbocycles. The Kier molecular flexibility index (Phi) is 3.58. The SMILES string of the molecule is CCC(C)(O)c1ccc(OC)c(OC)c1. The van der Waals surface area contributed by atoms with Gasteiger partial charge in [0.25, 0.3) is 0 Å². The fourth-order valence-electron chi connectivity index (χ4n) is 1.38. The summed E-state index contributed by atoms with van der Waals surface area (Å²) < 4.78 is 10.3. The first-order valence-corrected chi connectivity index (χ1v) is 5.00. The Morgan fingerprint density at radius 3 is 2.27 bits per heavy atom. The number of rotatable bonds is 4. The number of aliphatic hydroxyl groups is 1. The van der Waals surface area contributed by atoms with Gasteiger partial charge in [0.15, 0.2) is 11.5 Å². The van der Waals surface area contributed by atoms with E-state index in [4.69, 9.17) is 9.47 Å². The molecular weight excluding hydrogens is 192 g/mol. The highest BCUT2D eigenvalue weighted by molar-refractivity contribution is 5.44. The molecule has 1 atom stereocenters. The molecule has 1 N–H and O–H groups in total. The van der Waals surface area contributed by atoms with E-state index in [1.165, 1.54) is 0 Å². The van der Waals surface area contributed by atoms with Crippen LogP contribution in [0.25, 0.3) is 0 Å². The van der Waals surface area contributed by atoms with Gasteiger partial charge in [0.1, 0.15) is 0 Å². The Bertz CT molecular complexity index is 332. The second kappa shape index (κ2) is 4.53. The predicted molar refractivity (Wildman–Crippen MR) is 59.4 cm³/mol. The van der Waals surface area contributed by atoms with Crippen LogP contribution in [0.1, 0.15) is 25.8 Å². The lowest BCUT2D eigenvalue weighted by Crippen LogP contribution is -2.19. The minimum atomic E-state index is -0.820. The van der Waals surface area contributed by atoms with Crippen molar-refractivity contribution in [2.75, 3.05) is 14.2 Å². The molecule has 1 aromatic rings. The minimum Gasteiger partial charge on any atom is -0.493 e. The number of benzene rings is 1. The van der Waals surface area contributed by atoms with E-state index in [0.717, 1.165) is 5.56 Å². The standard InChI is InChI=1S/C12H18O3/c1-5-12(2,13)9-6-7-10(14-3)11(8-9)15-4/h6-8,13H,5H2,1-4H3. The first-order chi connectivity index (χ1) is 7.05. The summed E-state index contributed by atoms with van der Waals surface area (Å²) in [5.74, 6) is 1.32. The minimum absolute atomic E-state index is 0.642. The predicted octanol–water partition coefficient (Wildman–Crippen LogP) is 2.32. The normalized spacial score (nSPS) is 14.5. The largest absolute Gasteiger partial charge is 0.493 e. The van der Waals surface area contributed by atoms with Gasteiger partial charge in [-0.25, -0.2) is 0 Å². The van der Waals surface area contributed by atoms with Crippen molar-refractivity contribution in [2.45, 2.75) is 25.9 Å². The van der Waals surface area contributed by atoms with E-state index in [-0.39, 0.29) is 0 Å². The monoisotopic (exact) mass is 210 g/mol. The van der Waals surface area contributed by atoms with Gasteiger partial charge in [-0.2, -0.15) is 0 Å². The number of ether oxygens (including phenoxy) is 2. The fourth-order valence-corrected chi connectivity index (χ4v) is 1.38. The molecule has 1 aromatic carbocycles. The summed E-state index contributed by atoms with van der Waals surface area (Å²) >= 11 is 0. The van der Waals surface area contributed by atoms with Gasteiger partial charge in [-0.1, -0.05) is 13.0 Å². The second-order valence-corrected chi connectivity index (χ2v) is 3.70. The number of methoxy groups -OCH3 is 2. The molecule has 3 nitrogen and oxygen atoms in total. The molecule has 0 heterocycles. The number of hydrogen-bond donors (Lipinski definition) is 1. The van der Waals surface area contributed by atoms with E-state index in [1.807, 2.05) is 19.1 Å². The third-order valence-corrected chi connectivity index (χ3v) is 2.69. The van der Waals surface area contributed by atoms with Crippen LogP contribution in [0.2, 0.25) is 0 Å². The second-order valence-electron chi connectivity index (χ2n) is 3.70. The van der Waals surface area contributed by atoms with Crippen molar-refractivity contribution in [3.63, 3.8) is 0 Å². The Morgan fingerprint density at radius 1 is 1.20 bits per heavy atom. The van der Waals surface area contributed by atoms with Crippen LogP contribution >= 0.6 is 0 Å². The quantitative estimate of drug-likeness (QED) is 0.828. The fraction of sp³-hybridized carbons (Fsp3) is 0.500. The summed E-state index contributed by atoms with van der Waals surface area (Å²) in [6, 6.07) is 5.46. The van der Waals surface area contributed by atoms with E-state index in [1.54, 1.807) is 27.2 Å². The van der Waals surface area contributed by atoms with Gasteiger partial charge in [0, 0.05) is 0 Å². The van der Waals surface area contributed by atoms with E-state index in [2.05, 4.69) is 0 Å². The molecule has 0 fully saturated rings. The highest BCUT2D eigenvalue weighted by Gasteiger charge is 2.21. The first-order valence-electron chi connectivity index (χ1n) is 5.00. The lowest BCUT2D eigenvalue weighted by Gasteiger charge is -2.22. The Morgan fingerprint density at radius 2 is 1.80 bits per heavy atom. The zero-order valence-electron chi connectivity index (χ0n) is 9.70. The third kappa shape index (κ3) is 2.42. The van der Waals surface area contributed by atoms with Gasteiger partial charge in [-0.15, -0.1) is 0 Å². The van der Waals surface area contributed by atoms with Gasteiger partial charge in [-0.3, -0.25) is 0 Å². The van der Waals surface area contributed by atoms with Crippen LogP contribution in [0, 0.1) is 0 Å². The van der Waals surface area contributed by atoms with Crippen LogP contribution in [0.4, 0.5) is 0 Å². The zero-order valence-corrected chi connectivity index (χ0v) is 9.70. The van der Waals surface area contributed by atoms with Gasteiger partial charge >= 0.3 is 0 Å². The van der Waals surface area contributed by atoms with Crippen molar-refractivity contribution in [2.24, 2.45) is 0 Å². The molecule has 1 unspecified atom stereocenters. The topological polar surface area (TPSA) is 38.7 Å². The molecule has 0 aliphatic rings. The molecule has 0 saturated heterocycles. The van der Waals surface area contributed by atoms with Crippen molar-refractivity contribution in [1.82, 2.24) is 0 Å². The molecule has 0 aliphatic heterocycles. The van der Waals surface area contributed by atoms with E-state index < -0.39 is 5.60 Å². The lowest BCUT2D eigenvalue weighted by atomic mass is 9.93. The Hall–Kier alpha value is -1.22. The van der Waals surface area contributed by atoms with Crippen LogP contribution in [0.3, 0.4) is 0 Å².